The van der Waals surface area contributed by atoms with Crippen LogP contribution in [0.3, 0.4) is 0 Å². The molecule has 1 aliphatic rings. The molecule has 0 fully saturated rings. The summed E-state index contributed by atoms with van der Waals surface area (Å²) < 4.78 is 10.4. The summed E-state index contributed by atoms with van der Waals surface area (Å²) in [6, 6.07) is 5.40. The summed E-state index contributed by atoms with van der Waals surface area (Å²) in [5, 5.41) is 2.47. The second-order valence-electron chi connectivity index (χ2n) is 4.98. The molecule has 0 bridgehead atoms. The van der Waals surface area contributed by atoms with E-state index in [4.69, 9.17) is 9.47 Å². The lowest BCUT2D eigenvalue weighted by atomic mass is 9.98. The Balaban J connectivity index is 2.07. The molecule has 0 aliphatic carbocycles. The topological polar surface area (TPSA) is 68.7 Å². The third-order valence-corrected chi connectivity index (χ3v) is 4.55. The summed E-state index contributed by atoms with van der Waals surface area (Å²) in [6.07, 6.45) is 1.65. The van der Waals surface area contributed by atoms with E-state index in [1.807, 2.05) is 18.4 Å². The number of methoxy groups -OCH3 is 1. The average Bonchev–Trinajstić information content (AvgIpc) is 3.08. The van der Waals surface area contributed by atoms with Crippen molar-refractivity contribution < 1.29 is 19.1 Å². The molecule has 1 unspecified atom stereocenters. The van der Waals surface area contributed by atoms with E-state index in [0.717, 1.165) is 5.56 Å². The molecular weight excluding hydrogens is 316 g/mol. The maximum atomic E-state index is 12.2. The van der Waals surface area contributed by atoms with Gasteiger partial charge in [-0.1, -0.05) is 6.07 Å². The van der Waals surface area contributed by atoms with Crippen molar-refractivity contribution in [3.8, 4) is 5.75 Å². The highest BCUT2D eigenvalue weighted by atomic mass is 32.1. The summed E-state index contributed by atoms with van der Waals surface area (Å²) in [5.41, 5.74) is 1.40. The minimum atomic E-state index is -0.610. The summed E-state index contributed by atoms with van der Waals surface area (Å²) in [5.74, 6) is -0.453. The Morgan fingerprint density at radius 1 is 1.52 bits per heavy atom. The van der Waals surface area contributed by atoms with E-state index in [-0.39, 0.29) is 18.5 Å². The molecule has 1 aromatic carbocycles. The van der Waals surface area contributed by atoms with Gasteiger partial charge < -0.3 is 14.4 Å². The van der Waals surface area contributed by atoms with Gasteiger partial charge in [-0.3, -0.25) is 9.59 Å². The molecule has 1 amide bonds. The molecular formula is C16H16N2O4S. The fourth-order valence-corrected chi connectivity index (χ4v) is 3.37. The van der Waals surface area contributed by atoms with Gasteiger partial charge >= 0.3 is 5.97 Å². The number of likely N-dealkylation sites (N-methyl/N-ethyl adjacent to an activating group) is 1. The number of anilines is 1. The zero-order valence-corrected chi connectivity index (χ0v) is 13.6. The number of thiazole rings is 1. The minimum absolute atomic E-state index is 0.0348. The van der Waals surface area contributed by atoms with Crippen molar-refractivity contribution in [1.29, 1.82) is 0 Å². The SMILES string of the molecule is CCN1C(=O)COc2ccc(C(C(=O)OC)c3nccs3)cc21. The lowest BCUT2D eigenvalue weighted by Gasteiger charge is -2.29. The van der Waals surface area contributed by atoms with Gasteiger partial charge in [0.05, 0.1) is 12.8 Å². The number of nitrogens with zero attached hydrogens (tertiary/aromatic N) is 2. The highest BCUT2D eigenvalue weighted by Gasteiger charge is 2.30. The number of hydrogen-bond donors (Lipinski definition) is 0. The molecule has 23 heavy (non-hydrogen) atoms. The maximum Gasteiger partial charge on any atom is 0.320 e. The van der Waals surface area contributed by atoms with Gasteiger partial charge in [0.15, 0.2) is 6.61 Å². The van der Waals surface area contributed by atoms with Crippen molar-refractivity contribution in [3.05, 3.63) is 40.3 Å². The van der Waals surface area contributed by atoms with Crippen LogP contribution in [0.25, 0.3) is 0 Å². The second-order valence-corrected chi connectivity index (χ2v) is 5.91. The second kappa shape index (κ2) is 6.37. The third kappa shape index (κ3) is 2.79. The van der Waals surface area contributed by atoms with Crippen molar-refractivity contribution in [2.75, 3.05) is 25.2 Å². The Bertz CT molecular complexity index is 730. The first-order chi connectivity index (χ1) is 11.2. The predicted octanol–water partition coefficient (Wildman–Crippen LogP) is 2.19. The maximum absolute atomic E-state index is 12.2. The molecule has 2 heterocycles. The molecule has 0 spiro atoms. The van der Waals surface area contributed by atoms with E-state index in [2.05, 4.69) is 4.98 Å². The van der Waals surface area contributed by atoms with Crippen LogP contribution in [0.4, 0.5) is 5.69 Å². The molecule has 7 heteroatoms. The van der Waals surface area contributed by atoms with E-state index in [0.29, 0.717) is 23.0 Å². The van der Waals surface area contributed by atoms with Crippen molar-refractivity contribution in [2.24, 2.45) is 0 Å². The molecule has 1 aliphatic heterocycles. The molecule has 0 saturated heterocycles. The highest BCUT2D eigenvalue weighted by molar-refractivity contribution is 7.09. The molecule has 2 aromatic rings. The lowest BCUT2D eigenvalue weighted by molar-refractivity contribution is -0.141. The van der Waals surface area contributed by atoms with Crippen LogP contribution in [-0.4, -0.2) is 37.1 Å². The zero-order chi connectivity index (χ0) is 16.4. The van der Waals surface area contributed by atoms with Gasteiger partial charge in [0.1, 0.15) is 16.7 Å². The van der Waals surface area contributed by atoms with Crippen molar-refractivity contribution in [1.82, 2.24) is 4.98 Å². The van der Waals surface area contributed by atoms with Crippen LogP contribution in [0.2, 0.25) is 0 Å². The highest BCUT2D eigenvalue weighted by Crippen LogP contribution is 2.37. The minimum Gasteiger partial charge on any atom is -0.482 e. The van der Waals surface area contributed by atoms with Gasteiger partial charge in [0.25, 0.3) is 5.91 Å². The van der Waals surface area contributed by atoms with Crippen molar-refractivity contribution >= 4 is 28.9 Å². The number of aromatic nitrogens is 1. The number of carbonyl (C=O) groups is 2. The smallest absolute Gasteiger partial charge is 0.320 e. The number of carbonyl (C=O) groups excluding carboxylic acids is 2. The van der Waals surface area contributed by atoms with E-state index >= 15 is 0 Å². The normalized spacial score (nSPS) is 14.9. The molecule has 6 nitrogen and oxygen atoms in total. The number of hydrogen-bond acceptors (Lipinski definition) is 6. The van der Waals surface area contributed by atoms with Crippen LogP contribution in [0.1, 0.15) is 23.4 Å². The van der Waals surface area contributed by atoms with Crippen LogP contribution in [0, 0.1) is 0 Å². The van der Waals surface area contributed by atoms with E-state index in [9.17, 15) is 9.59 Å². The lowest BCUT2D eigenvalue weighted by Crippen LogP contribution is -2.38. The van der Waals surface area contributed by atoms with Gasteiger partial charge in [-0.2, -0.15) is 0 Å². The molecule has 1 atom stereocenters. The third-order valence-electron chi connectivity index (χ3n) is 3.71. The number of rotatable bonds is 4. The van der Waals surface area contributed by atoms with Gasteiger partial charge in [0.2, 0.25) is 0 Å². The van der Waals surface area contributed by atoms with E-state index in [1.54, 1.807) is 23.2 Å². The Labute approximate surface area is 137 Å². The summed E-state index contributed by atoms with van der Waals surface area (Å²) >= 11 is 1.39. The fourth-order valence-electron chi connectivity index (χ4n) is 2.62. The van der Waals surface area contributed by atoms with Crippen molar-refractivity contribution in [3.63, 3.8) is 0 Å². The number of benzene rings is 1. The standard InChI is InChI=1S/C16H16N2O4S/c1-3-18-11-8-10(4-5-12(11)22-9-13(18)19)14(16(20)21-2)15-17-6-7-23-15/h4-8,14H,3,9H2,1-2H3. The number of esters is 1. The van der Waals surface area contributed by atoms with Gasteiger partial charge in [-0.25, -0.2) is 4.98 Å². The Kier molecular flexibility index (Phi) is 4.29. The Morgan fingerprint density at radius 3 is 3.00 bits per heavy atom. The molecule has 0 N–H and O–H groups in total. The number of amides is 1. The van der Waals surface area contributed by atoms with Crippen LogP contribution in [0.15, 0.2) is 29.8 Å². The quantitative estimate of drug-likeness (QED) is 0.803. The van der Waals surface area contributed by atoms with E-state index in [1.165, 1.54) is 18.4 Å². The van der Waals surface area contributed by atoms with Crippen LogP contribution in [0.5, 0.6) is 5.75 Å². The Morgan fingerprint density at radius 2 is 2.35 bits per heavy atom. The summed E-state index contributed by atoms with van der Waals surface area (Å²) in [6.45, 7) is 2.48. The summed E-state index contributed by atoms with van der Waals surface area (Å²) in [7, 11) is 1.35. The molecule has 1 aromatic heterocycles. The van der Waals surface area contributed by atoms with Gasteiger partial charge in [-0.05, 0) is 24.6 Å². The Hall–Kier alpha value is -2.41. The monoisotopic (exact) mass is 332 g/mol. The first-order valence-corrected chi connectivity index (χ1v) is 8.08. The molecule has 0 saturated carbocycles. The molecule has 0 radical (unpaired) electrons. The molecule has 3 rings (SSSR count). The van der Waals surface area contributed by atoms with Crippen LogP contribution < -0.4 is 9.64 Å². The summed E-state index contributed by atoms with van der Waals surface area (Å²) in [4.78, 5) is 30.1. The van der Waals surface area contributed by atoms with E-state index < -0.39 is 5.92 Å². The van der Waals surface area contributed by atoms with Gasteiger partial charge in [0, 0.05) is 18.1 Å². The zero-order valence-electron chi connectivity index (χ0n) is 12.8. The molecule has 120 valence electrons. The van der Waals surface area contributed by atoms with Crippen LogP contribution >= 0.6 is 11.3 Å². The largest absolute Gasteiger partial charge is 0.482 e. The first kappa shape index (κ1) is 15.5. The van der Waals surface area contributed by atoms with Crippen molar-refractivity contribution in [2.45, 2.75) is 12.8 Å². The first-order valence-electron chi connectivity index (χ1n) is 7.20. The van der Waals surface area contributed by atoms with Crippen LogP contribution in [-0.2, 0) is 14.3 Å². The van der Waals surface area contributed by atoms with Gasteiger partial charge in [-0.15, -0.1) is 11.3 Å². The number of fused-ring (bicyclic) bond motifs is 1. The fraction of sp³-hybridized carbons (Fsp3) is 0.312. The predicted molar refractivity (Wildman–Crippen MR) is 85.9 cm³/mol. The number of ether oxygens (including phenoxy) is 2. The average molecular weight is 332 g/mol.